The summed E-state index contributed by atoms with van der Waals surface area (Å²) in [4.78, 5) is 42.6. The second-order valence-electron chi connectivity index (χ2n) is 12.2. The molecule has 216 valence electrons. The van der Waals surface area contributed by atoms with Crippen molar-refractivity contribution >= 4 is 17.8 Å². The summed E-state index contributed by atoms with van der Waals surface area (Å²) < 4.78 is 6.09. The highest BCUT2D eigenvalue weighted by molar-refractivity contribution is 5.95. The summed E-state index contributed by atoms with van der Waals surface area (Å²) in [6.45, 7) is 8.30. The molecule has 1 aromatic heterocycles. The molecule has 0 bridgehead atoms. The summed E-state index contributed by atoms with van der Waals surface area (Å²) in [5.74, 6) is 2.56. The Labute approximate surface area is 239 Å². The SMILES string of the molecule is Cc1nc(N2CCC(C)CC2)ncc1C(=O)N1CCC2(CCCCCc3ccccc3OCCN(C)C2=O)CC1. The molecular weight excluding hydrogens is 502 g/mol. The maximum absolute atomic E-state index is 13.8. The van der Waals surface area contributed by atoms with Crippen LogP contribution in [0.1, 0.15) is 79.9 Å². The molecule has 4 heterocycles. The van der Waals surface area contributed by atoms with Gasteiger partial charge in [-0.1, -0.05) is 38.0 Å². The number of aromatic nitrogens is 2. The van der Waals surface area contributed by atoms with Crippen molar-refractivity contribution in [1.82, 2.24) is 19.8 Å². The largest absolute Gasteiger partial charge is 0.491 e. The van der Waals surface area contributed by atoms with Gasteiger partial charge in [0.25, 0.3) is 5.91 Å². The number of amides is 2. The predicted molar refractivity (Wildman–Crippen MR) is 157 cm³/mol. The zero-order chi connectivity index (χ0) is 28.1. The Morgan fingerprint density at radius 1 is 1.00 bits per heavy atom. The topological polar surface area (TPSA) is 78.9 Å². The van der Waals surface area contributed by atoms with Crippen molar-refractivity contribution in [2.24, 2.45) is 11.3 Å². The number of fused-ring (bicyclic) bond motifs is 1. The molecule has 5 rings (SSSR count). The molecule has 2 fully saturated rings. The van der Waals surface area contributed by atoms with E-state index in [0.29, 0.717) is 44.6 Å². The monoisotopic (exact) mass is 547 g/mol. The second-order valence-corrected chi connectivity index (χ2v) is 12.2. The third-order valence-electron chi connectivity index (χ3n) is 9.33. The molecule has 1 spiro atoms. The van der Waals surface area contributed by atoms with E-state index in [2.05, 4.69) is 28.9 Å². The van der Waals surface area contributed by atoms with E-state index < -0.39 is 5.41 Å². The molecule has 3 aliphatic heterocycles. The minimum absolute atomic E-state index is 0.0252. The maximum Gasteiger partial charge on any atom is 0.257 e. The van der Waals surface area contributed by atoms with Gasteiger partial charge in [0, 0.05) is 39.4 Å². The lowest BCUT2D eigenvalue weighted by Gasteiger charge is -2.42. The summed E-state index contributed by atoms with van der Waals surface area (Å²) in [7, 11) is 1.89. The Bertz CT molecular complexity index is 1180. The van der Waals surface area contributed by atoms with Crippen molar-refractivity contribution in [1.29, 1.82) is 0 Å². The number of para-hydroxylation sites is 1. The van der Waals surface area contributed by atoms with Crippen molar-refractivity contribution in [3.8, 4) is 5.75 Å². The fourth-order valence-corrected chi connectivity index (χ4v) is 6.51. The Kier molecular flexibility index (Phi) is 8.91. The van der Waals surface area contributed by atoms with Gasteiger partial charge in [0.1, 0.15) is 12.4 Å². The summed E-state index contributed by atoms with van der Waals surface area (Å²) in [6, 6.07) is 8.25. The van der Waals surface area contributed by atoms with Crippen molar-refractivity contribution in [3.05, 3.63) is 47.3 Å². The average Bonchev–Trinajstić information content (AvgIpc) is 2.98. The first-order valence-corrected chi connectivity index (χ1v) is 15.2. The van der Waals surface area contributed by atoms with Crippen LogP contribution in [-0.2, 0) is 11.2 Å². The molecule has 0 saturated carbocycles. The number of carbonyl (C=O) groups excluding carboxylic acids is 2. The highest BCUT2D eigenvalue weighted by Crippen LogP contribution is 2.39. The fraction of sp³-hybridized carbons (Fsp3) is 0.625. The molecule has 0 radical (unpaired) electrons. The molecule has 8 heteroatoms. The van der Waals surface area contributed by atoms with Crippen LogP contribution in [0.4, 0.5) is 5.95 Å². The molecule has 2 amide bonds. The number of nitrogens with zero attached hydrogens (tertiary/aromatic N) is 5. The summed E-state index contributed by atoms with van der Waals surface area (Å²) in [5.41, 5.74) is 2.12. The number of anilines is 1. The molecular formula is C32H45N5O3. The third-order valence-corrected chi connectivity index (χ3v) is 9.33. The van der Waals surface area contributed by atoms with Crippen LogP contribution in [-0.4, -0.2) is 78.0 Å². The zero-order valence-corrected chi connectivity index (χ0v) is 24.5. The minimum Gasteiger partial charge on any atom is -0.491 e. The number of hydrogen-bond donors (Lipinski definition) is 0. The first-order chi connectivity index (χ1) is 19.4. The van der Waals surface area contributed by atoms with Crippen molar-refractivity contribution < 1.29 is 14.3 Å². The first kappa shape index (κ1) is 28.4. The Balaban J connectivity index is 1.23. The predicted octanol–water partition coefficient (Wildman–Crippen LogP) is 4.90. The summed E-state index contributed by atoms with van der Waals surface area (Å²) in [5, 5.41) is 0. The Morgan fingerprint density at radius 2 is 1.75 bits per heavy atom. The Hall–Kier alpha value is -3.16. The molecule has 0 atom stereocenters. The van der Waals surface area contributed by atoms with Gasteiger partial charge in [0.15, 0.2) is 0 Å². The van der Waals surface area contributed by atoms with E-state index in [0.717, 1.165) is 81.3 Å². The van der Waals surface area contributed by atoms with E-state index in [-0.39, 0.29) is 11.8 Å². The molecule has 0 unspecified atom stereocenters. The minimum atomic E-state index is -0.423. The van der Waals surface area contributed by atoms with Gasteiger partial charge in [0.2, 0.25) is 11.9 Å². The lowest BCUT2D eigenvalue weighted by atomic mass is 9.73. The molecule has 2 aromatic rings. The number of aryl methyl sites for hydroxylation is 2. The van der Waals surface area contributed by atoms with Gasteiger partial charge in [-0.25, -0.2) is 9.97 Å². The standard InChI is InChI=1S/C32H45N5O3/c1-24-12-17-37(18-13-24)31-33-23-27(25(2)34-31)29(38)36-19-15-32(16-20-36)14-8-4-5-9-26-10-6-7-11-28(26)40-22-21-35(3)30(32)39/h6-7,10-11,23-24H,4-5,8-9,12-22H2,1-3H3. The van der Waals surface area contributed by atoms with Gasteiger partial charge >= 0.3 is 0 Å². The maximum atomic E-state index is 13.8. The van der Waals surface area contributed by atoms with E-state index in [1.54, 1.807) is 6.20 Å². The lowest BCUT2D eigenvalue weighted by Crippen LogP contribution is -2.51. The zero-order valence-electron chi connectivity index (χ0n) is 24.5. The molecule has 2 saturated heterocycles. The van der Waals surface area contributed by atoms with Crippen molar-refractivity contribution in [2.75, 3.05) is 51.3 Å². The van der Waals surface area contributed by atoms with Gasteiger partial charge in [0.05, 0.1) is 23.2 Å². The quantitative estimate of drug-likeness (QED) is 0.532. The first-order valence-electron chi connectivity index (χ1n) is 15.2. The highest BCUT2D eigenvalue weighted by atomic mass is 16.5. The van der Waals surface area contributed by atoms with Gasteiger partial charge in [-0.3, -0.25) is 9.59 Å². The third kappa shape index (κ3) is 6.26. The van der Waals surface area contributed by atoms with Gasteiger partial charge in [-0.2, -0.15) is 0 Å². The number of likely N-dealkylation sites (N-methyl/N-ethyl adjacent to an activating group) is 1. The second kappa shape index (κ2) is 12.6. The smallest absolute Gasteiger partial charge is 0.257 e. The molecule has 1 aromatic carbocycles. The van der Waals surface area contributed by atoms with Crippen LogP contribution < -0.4 is 9.64 Å². The van der Waals surface area contributed by atoms with E-state index >= 15 is 0 Å². The van der Waals surface area contributed by atoms with Crippen LogP contribution in [0, 0.1) is 18.3 Å². The summed E-state index contributed by atoms with van der Waals surface area (Å²) >= 11 is 0. The number of likely N-dealkylation sites (tertiary alicyclic amines) is 1. The number of carbonyl (C=O) groups is 2. The number of piperidine rings is 2. The van der Waals surface area contributed by atoms with Crippen LogP contribution in [0.25, 0.3) is 0 Å². The molecule has 0 N–H and O–H groups in total. The van der Waals surface area contributed by atoms with Crippen molar-refractivity contribution in [3.63, 3.8) is 0 Å². The molecule has 0 aliphatic carbocycles. The van der Waals surface area contributed by atoms with Crippen LogP contribution in [0.15, 0.2) is 30.5 Å². The Morgan fingerprint density at radius 3 is 2.50 bits per heavy atom. The number of ether oxygens (including phenoxy) is 1. The van der Waals surface area contributed by atoms with E-state index in [1.165, 1.54) is 5.56 Å². The number of rotatable bonds is 2. The van der Waals surface area contributed by atoms with Crippen LogP contribution in [0.5, 0.6) is 5.75 Å². The van der Waals surface area contributed by atoms with Gasteiger partial charge < -0.3 is 19.4 Å². The number of benzene rings is 1. The normalized spacial score (nSPS) is 21.2. The highest BCUT2D eigenvalue weighted by Gasteiger charge is 2.43. The van der Waals surface area contributed by atoms with E-state index in [4.69, 9.17) is 9.72 Å². The van der Waals surface area contributed by atoms with Crippen LogP contribution >= 0.6 is 0 Å². The van der Waals surface area contributed by atoms with Crippen LogP contribution in [0.2, 0.25) is 0 Å². The lowest BCUT2D eigenvalue weighted by molar-refractivity contribution is -0.144. The van der Waals surface area contributed by atoms with Crippen LogP contribution in [0.3, 0.4) is 0 Å². The molecule has 8 nitrogen and oxygen atoms in total. The number of hydrogen-bond acceptors (Lipinski definition) is 6. The fourth-order valence-electron chi connectivity index (χ4n) is 6.51. The van der Waals surface area contributed by atoms with Gasteiger partial charge in [-0.05, 0) is 69.4 Å². The summed E-state index contributed by atoms with van der Waals surface area (Å²) in [6.07, 6.45) is 10.4. The van der Waals surface area contributed by atoms with E-state index in [9.17, 15) is 9.59 Å². The molecule has 40 heavy (non-hydrogen) atoms. The van der Waals surface area contributed by atoms with Gasteiger partial charge in [-0.15, -0.1) is 0 Å². The molecule has 3 aliphatic rings. The van der Waals surface area contributed by atoms with E-state index in [1.807, 2.05) is 35.9 Å². The average molecular weight is 548 g/mol. The van der Waals surface area contributed by atoms with Crippen molar-refractivity contribution in [2.45, 2.75) is 71.6 Å².